The summed E-state index contributed by atoms with van der Waals surface area (Å²) in [5, 5.41) is 14.6. The van der Waals surface area contributed by atoms with Crippen LogP contribution in [0.15, 0.2) is 29.6 Å². The number of aromatic nitrogens is 1. The number of hydrogen-bond donors (Lipinski definition) is 2. The standard InChI is InChI=1S/C15H13ClN2O3S/c16-10-3-1-2-9(6-10)14-17-11(7-22-14)13(19)18-12(15(20)21)8-4-5-8/h1-3,6-8,12H,4-5H2,(H,18,19)(H,20,21). The Morgan fingerprint density at radius 1 is 1.41 bits per heavy atom. The molecule has 1 aliphatic carbocycles. The number of hydrogen-bond acceptors (Lipinski definition) is 4. The fraction of sp³-hybridized carbons (Fsp3) is 0.267. The van der Waals surface area contributed by atoms with Gasteiger partial charge in [-0.1, -0.05) is 23.7 Å². The van der Waals surface area contributed by atoms with Gasteiger partial charge in [0.1, 0.15) is 16.7 Å². The fourth-order valence-corrected chi connectivity index (χ4v) is 3.15. The summed E-state index contributed by atoms with van der Waals surface area (Å²) in [4.78, 5) is 27.6. The minimum atomic E-state index is -0.999. The van der Waals surface area contributed by atoms with E-state index in [0.717, 1.165) is 18.4 Å². The Morgan fingerprint density at radius 2 is 2.18 bits per heavy atom. The van der Waals surface area contributed by atoms with Gasteiger partial charge in [0.25, 0.3) is 5.91 Å². The van der Waals surface area contributed by atoms with Crippen molar-refractivity contribution >= 4 is 34.8 Å². The molecule has 1 heterocycles. The van der Waals surface area contributed by atoms with Gasteiger partial charge in [-0.25, -0.2) is 9.78 Å². The van der Waals surface area contributed by atoms with E-state index in [4.69, 9.17) is 16.7 Å². The van der Waals surface area contributed by atoms with E-state index in [1.54, 1.807) is 17.5 Å². The lowest BCUT2D eigenvalue weighted by Gasteiger charge is -2.12. The highest BCUT2D eigenvalue weighted by molar-refractivity contribution is 7.13. The molecule has 1 aliphatic rings. The van der Waals surface area contributed by atoms with Crippen molar-refractivity contribution in [2.75, 3.05) is 0 Å². The van der Waals surface area contributed by atoms with Crippen LogP contribution in [0.1, 0.15) is 23.3 Å². The quantitative estimate of drug-likeness (QED) is 0.879. The number of nitrogens with zero attached hydrogens (tertiary/aromatic N) is 1. The van der Waals surface area contributed by atoms with Crippen molar-refractivity contribution in [2.45, 2.75) is 18.9 Å². The first-order valence-corrected chi connectivity index (χ1v) is 8.05. The number of benzene rings is 1. The Kier molecular flexibility index (Phi) is 4.13. The van der Waals surface area contributed by atoms with Gasteiger partial charge < -0.3 is 10.4 Å². The van der Waals surface area contributed by atoms with Gasteiger partial charge in [0.2, 0.25) is 0 Å². The average molecular weight is 337 g/mol. The van der Waals surface area contributed by atoms with Gasteiger partial charge in [-0.3, -0.25) is 4.79 Å². The highest BCUT2D eigenvalue weighted by Crippen LogP contribution is 2.33. The summed E-state index contributed by atoms with van der Waals surface area (Å²) >= 11 is 7.26. The molecule has 1 amide bonds. The largest absolute Gasteiger partial charge is 0.480 e. The molecule has 0 radical (unpaired) electrons. The molecular weight excluding hydrogens is 324 g/mol. The number of carbonyl (C=O) groups excluding carboxylic acids is 1. The molecule has 0 bridgehead atoms. The van der Waals surface area contributed by atoms with E-state index >= 15 is 0 Å². The van der Waals surface area contributed by atoms with Crippen molar-refractivity contribution in [3.63, 3.8) is 0 Å². The summed E-state index contributed by atoms with van der Waals surface area (Å²) < 4.78 is 0. The van der Waals surface area contributed by atoms with Crippen LogP contribution in [0, 0.1) is 5.92 Å². The van der Waals surface area contributed by atoms with Gasteiger partial charge >= 0.3 is 5.97 Å². The van der Waals surface area contributed by atoms with Crippen LogP contribution in [0.4, 0.5) is 0 Å². The number of carbonyl (C=O) groups is 2. The fourth-order valence-electron chi connectivity index (χ4n) is 2.16. The molecule has 22 heavy (non-hydrogen) atoms. The van der Waals surface area contributed by atoms with Crippen LogP contribution in [-0.2, 0) is 4.79 Å². The maximum atomic E-state index is 12.1. The molecule has 0 saturated heterocycles. The summed E-state index contributed by atoms with van der Waals surface area (Å²) in [5.41, 5.74) is 1.06. The minimum absolute atomic E-state index is 0.0347. The van der Waals surface area contributed by atoms with Crippen molar-refractivity contribution in [3.05, 3.63) is 40.4 Å². The molecule has 2 aromatic rings. The molecule has 1 unspecified atom stereocenters. The van der Waals surface area contributed by atoms with Crippen LogP contribution in [0.3, 0.4) is 0 Å². The van der Waals surface area contributed by atoms with Crippen molar-refractivity contribution in [1.29, 1.82) is 0 Å². The lowest BCUT2D eigenvalue weighted by Crippen LogP contribution is -2.42. The molecule has 1 atom stereocenters. The molecule has 1 aromatic heterocycles. The Bertz CT molecular complexity index is 727. The first kappa shape index (κ1) is 15.0. The van der Waals surface area contributed by atoms with Crippen LogP contribution in [0.2, 0.25) is 5.02 Å². The third-order valence-electron chi connectivity index (χ3n) is 3.45. The molecule has 7 heteroatoms. The second kappa shape index (κ2) is 6.06. The number of aliphatic carboxylic acids is 1. The summed E-state index contributed by atoms with van der Waals surface area (Å²) in [6.45, 7) is 0. The Morgan fingerprint density at radius 3 is 2.82 bits per heavy atom. The molecule has 1 saturated carbocycles. The van der Waals surface area contributed by atoms with Crippen molar-refractivity contribution in [1.82, 2.24) is 10.3 Å². The molecule has 2 N–H and O–H groups in total. The van der Waals surface area contributed by atoms with Crippen LogP contribution in [0.25, 0.3) is 10.6 Å². The first-order valence-electron chi connectivity index (χ1n) is 6.80. The third kappa shape index (κ3) is 3.28. The Balaban J connectivity index is 1.75. The van der Waals surface area contributed by atoms with E-state index in [9.17, 15) is 9.59 Å². The molecule has 0 spiro atoms. The lowest BCUT2D eigenvalue weighted by molar-refractivity contribution is -0.139. The zero-order valence-corrected chi connectivity index (χ0v) is 13.0. The van der Waals surface area contributed by atoms with Crippen LogP contribution in [-0.4, -0.2) is 28.0 Å². The predicted octanol–water partition coefficient (Wildman–Crippen LogP) is 3.06. The van der Waals surface area contributed by atoms with Gasteiger partial charge in [0, 0.05) is 16.0 Å². The van der Waals surface area contributed by atoms with Gasteiger partial charge in [0.15, 0.2) is 0 Å². The van der Waals surface area contributed by atoms with E-state index < -0.39 is 17.9 Å². The highest BCUT2D eigenvalue weighted by Gasteiger charge is 2.37. The average Bonchev–Trinajstić information content (AvgIpc) is 3.19. The number of rotatable bonds is 5. The van der Waals surface area contributed by atoms with Crippen LogP contribution < -0.4 is 5.32 Å². The van der Waals surface area contributed by atoms with E-state index in [1.807, 2.05) is 12.1 Å². The van der Waals surface area contributed by atoms with Gasteiger partial charge in [-0.05, 0) is 30.9 Å². The predicted molar refractivity (Wildman–Crippen MR) is 84.2 cm³/mol. The van der Waals surface area contributed by atoms with Gasteiger partial charge in [-0.2, -0.15) is 0 Å². The number of thiazole rings is 1. The van der Waals surface area contributed by atoms with E-state index in [1.165, 1.54) is 11.3 Å². The van der Waals surface area contributed by atoms with Crippen LogP contribution >= 0.6 is 22.9 Å². The molecule has 1 fully saturated rings. The number of carboxylic acids is 1. The molecular formula is C15H13ClN2O3S. The van der Waals surface area contributed by atoms with Crippen molar-refractivity contribution in [3.8, 4) is 10.6 Å². The molecule has 3 rings (SSSR count). The SMILES string of the molecule is O=C(NC(C(=O)O)C1CC1)c1csc(-c2cccc(Cl)c2)n1. The maximum Gasteiger partial charge on any atom is 0.326 e. The highest BCUT2D eigenvalue weighted by atomic mass is 35.5. The number of carboxylic acid groups (broad SMARTS) is 1. The molecule has 114 valence electrons. The van der Waals surface area contributed by atoms with Crippen molar-refractivity contribution in [2.24, 2.45) is 5.92 Å². The first-order chi connectivity index (χ1) is 10.5. The zero-order valence-electron chi connectivity index (χ0n) is 11.5. The van der Waals surface area contributed by atoms with E-state index in [2.05, 4.69) is 10.3 Å². The van der Waals surface area contributed by atoms with Gasteiger partial charge in [-0.15, -0.1) is 11.3 Å². The monoisotopic (exact) mass is 336 g/mol. The van der Waals surface area contributed by atoms with Crippen molar-refractivity contribution < 1.29 is 14.7 Å². The summed E-state index contributed by atoms with van der Waals surface area (Å²) in [6, 6.07) is 6.37. The maximum absolute atomic E-state index is 12.1. The van der Waals surface area contributed by atoms with Gasteiger partial charge in [0.05, 0.1) is 0 Å². The second-order valence-corrected chi connectivity index (χ2v) is 6.47. The zero-order chi connectivity index (χ0) is 15.7. The summed E-state index contributed by atoms with van der Waals surface area (Å²) in [5.74, 6) is -1.42. The minimum Gasteiger partial charge on any atom is -0.480 e. The summed E-state index contributed by atoms with van der Waals surface area (Å²) in [7, 11) is 0. The van der Waals surface area contributed by atoms with E-state index in [-0.39, 0.29) is 11.6 Å². The summed E-state index contributed by atoms with van der Waals surface area (Å²) in [6.07, 6.45) is 1.67. The van der Waals surface area contributed by atoms with Crippen LogP contribution in [0.5, 0.6) is 0 Å². The smallest absolute Gasteiger partial charge is 0.326 e. The topological polar surface area (TPSA) is 79.3 Å². The molecule has 5 nitrogen and oxygen atoms in total. The van der Waals surface area contributed by atoms with E-state index in [0.29, 0.717) is 10.0 Å². The third-order valence-corrected chi connectivity index (χ3v) is 4.58. The normalized spacial score (nSPS) is 15.3. The number of halogens is 1. The second-order valence-electron chi connectivity index (χ2n) is 5.18. The molecule has 0 aliphatic heterocycles. The number of nitrogens with one attached hydrogen (secondary N) is 1. The lowest BCUT2D eigenvalue weighted by atomic mass is 10.2. The Hall–Kier alpha value is -1.92. The molecule has 1 aromatic carbocycles. The number of amides is 1. The Labute approximate surface area is 136 Å².